The van der Waals surface area contributed by atoms with Crippen LogP contribution in [0.2, 0.25) is 0 Å². The van der Waals surface area contributed by atoms with E-state index in [0.717, 1.165) is 18.2 Å². The fourth-order valence-corrected chi connectivity index (χ4v) is 1.48. The summed E-state index contributed by atoms with van der Waals surface area (Å²) in [6.45, 7) is -1.68. The number of anilines is 2. The number of aliphatic hydroxyl groups excluding tert-OH is 4. The summed E-state index contributed by atoms with van der Waals surface area (Å²) in [6.07, 6.45) is -3.44. The minimum Gasteiger partial charge on any atom is -0.393 e. The molecule has 0 fully saturated rings. The SMILES string of the molecule is O=C(Nc1cc(NC(=O)C(O)CO)cc([N+](=O)[O-])c1)C(O)CO. The molecule has 23 heavy (non-hydrogen) atoms. The van der Waals surface area contributed by atoms with Crippen LogP contribution in [0.25, 0.3) is 0 Å². The van der Waals surface area contributed by atoms with Crippen molar-refractivity contribution >= 4 is 28.9 Å². The molecule has 11 nitrogen and oxygen atoms in total. The highest BCUT2D eigenvalue weighted by atomic mass is 16.6. The van der Waals surface area contributed by atoms with Crippen LogP contribution in [0.4, 0.5) is 17.1 Å². The second kappa shape index (κ2) is 8.14. The second-order valence-corrected chi connectivity index (χ2v) is 4.40. The van der Waals surface area contributed by atoms with Crippen molar-refractivity contribution in [2.75, 3.05) is 23.8 Å². The highest BCUT2D eigenvalue weighted by Gasteiger charge is 2.19. The maximum atomic E-state index is 11.5. The van der Waals surface area contributed by atoms with Crippen molar-refractivity contribution in [3.8, 4) is 0 Å². The molecule has 0 spiro atoms. The monoisotopic (exact) mass is 329 g/mol. The molecule has 6 N–H and O–H groups in total. The van der Waals surface area contributed by atoms with Gasteiger partial charge in [-0.1, -0.05) is 0 Å². The van der Waals surface area contributed by atoms with Crippen LogP contribution in [-0.2, 0) is 9.59 Å². The molecule has 126 valence electrons. The first-order valence-electron chi connectivity index (χ1n) is 6.27. The van der Waals surface area contributed by atoms with Crippen LogP contribution in [0.3, 0.4) is 0 Å². The summed E-state index contributed by atoms with van der Waals surface area (Å²) in [7, 11) is 0. The summed E-state index contributed by atoms with van der Waals surface area (Å²) in [5.41, 5.74) is -0.717. The van der Waals surface area contributed by atoms with Gasteiger partial charge in [-0.05, 0) is 6.07 Å². The van der Waals surface area contributed by atoms with Gasteiger partial charge in [0.15, 0.2) is 12.2 Å². The molecule has 0 radical (unpaired) electrons. The van der Waals surface area contributed by atoms with Gasteiger partial charge in [-0.15, -0.1) is 0 Å². The number of nitro benzene ring substituents is 1. The second-order valence-electron chi connectivity index (χ2n) is 4.40. The van der Waals surface area contributed by atoms with E-state index >= 15 is 0 Å². The molecule has 1 aromatic rings. The third-order valence-electron chi connectivity index (χ3n) is 2.61. The minimum atomic E-state index is -1.72. The molecular formula is C12H15N3O8. The van der Waals surface area contributed by atoms with E-state index in [4.69, 9.17) is 20.4 Å². The Hall–Kier alpha value is -2.60. The lowest BCUT2D eigenvalue weighted by Crippen LogP contribution is -2.31. The normalized spacial score (nSPS) is 13.0. The van der Waals surface area contributed by atoms with E-state index in [1.807, 2.05) is 0 Å². The molecule has 0 saturated carbocycles. The van der Waals surface area contributed by atoms with E-state index in [1.54, 1.807) is 0 Å². The molecule has 11 heteroatoms. The fraction of sp³-hybridized carbons (Fsp3) is 0.333. The van der Waals surface area contributed by atoms with E-state index < -0.39 is 47.8 Å². The van der Waals surface area contributed by atoms with Crippen LogP contribution >= 0.6 is 0 Å². The summed E-state index contributed by atoms with van der Waals surface area (Å²) in [5.74, 6) is -2.00. The average Bonchev–Trinajstić information content (AvgIpc) is 2.52. The van der Waals surface area contributed by atoms with Crippen LogP contribution in [0.1, 0.15) is 0 Å². The lowest BCUT2D eigenvalue weighted by Gasteiger charge is -2.12. The van der Waals surface area contributed by atoms with E-state index in [-0.39, 0.29) is 11.4 Å². The Balaban J connectivity index is 3.05. The highest BCUT2D eigenvalue weighted by Crippen LogP contribution is 2.24. The Morgan fingerprint density at radius 2 is 1.39 bits per heavy atom. The molecule has 0 saturated heterocycles. The van der Waals surface area contributed by atoms with Crippen molar-refractivity contribution in [2.24, 2.45) is 0 Å². The van der Waals surface area contributed by atoms with Gasteiger partial charge in [0.2, 0.25) is 0 Å². The first-order chi connectivity index (χ1) is 10.8. The fourth-order valence-electron chi connectivity index (χ4n) is 1.48. The number of benzene rings is 1. The number of rotatable bonds is 7. The lowest BCUT2D eigenvalue weighted by atomic mass is 10.2. The van der Waals surface area contributed by atoms with Crippen LogP contribution < -0.4 is 10.6 Å². The first-order valence-corrected chi connectivity index (χ1v) is 6.27. The maximum Gasteiger partial charge on any atom is 0.273 e. The Morgan fingerprint density at radius 3 is 1.70 bits per heavy atom. The van der Waals surface area contributed by atoms with Crippen LogP contribution in [0, 0.1) is 10.1 Å². The van der Waals surface area contributed by atoms with Crippen molar-refractivity contribution in [3.05, 3.63) is 28.3 Å². The van der Waals surface area contributed by atoms with Gasteiger partial charge in [-0.3, -0.25) is 19.7 Å². The summed E-state index contributed by atoms with van der Waals surface area (Å²) >= 11 is 0. The third-order valence-corrected chi connectivity index (χ3v) is 2.61. The number of carbonyl (C=O) groups is 2. The first kappa shape index (κ1) is 18.4. The van der Waals surface area contributed by atoms with E-state index in [2.05, 4.69) is 10.6 Å². The van der Waals surface area contributed by atoms with Crippen molar-refractivity contribution in [2.45, 2.75) is 12.2 Å². The lowest BCUT2D eigenvalue weighted by molar-refractivity contribution is -0.384. The zero-order chi connectivity index (χ0) is 17.6. The number of aliphatic hydroxyl groups is 4. The van der Waals surface area contributed by atoms with Crippen molar-refractivity contribution in [3.63, 3.8) is 0 Å². The molecular weight excluding hydrogens is 314 g/mol. The standard InChI is InChI=1S/C12H15N3O8/c16-4-9(18)11(20)13-6-1-7(3-8(2-6)15(22)23)14-12(21)10(19)5-17/h1-3,9-10,16-19H,4-5H2,(H,13,20)(H,14,21). The minimum absolute atomic E-state index is 0.120. The number of hydrogen-bond donors (Lipinski definition) is 6. The number of nitrogens with one attached hydrogen (secondary N) is 2. The molecule has 0 aliphatic carbocycles. The number of non-ortho nitro benzene ring substituents is 1. The number of nitrogens with zero attached hydrogens (tertiary/aromatic N) is 1. The zero-order valence-electron chi connectivity index (χ0n) is 11.7. The predicted molar refractivity (Wildman–Crippen MR) is 76.5 cm³/mol. The highest BCUT2D eigenvalue weighted by molar-refractivity contribution is 5.97. The number of nitro groups is 1. The van der Waals surface area contributed by atoms with Gasteiger partial charge in [0.1, 0.15) is 0 Å². The summed E-state index contributed by atoms with van der Waals surface area (Å²) < 4.78 is 0. The van der Waals surface area contributed by atoms with Crippen molar-refractivity contribution in [1.29, 1.82) is 0 Å². The quantitative estimate of drug-likeness (QED) is 0.249. The molecule has 0 bridgehead atoms. The van der Waals surface area contributed by atoms with Crippen LogP contribution in [-0.4, -0.2) is 62.6 Å². The summed E-state index contributed by atoms with van der Waals surface area (Å²) in [6, 6.07) is 3.08. The summed E-state index contributed by atoms with van der Waals surface area (Å²) in [4.78, 5) is 33.0. The molecule has 0 heterocycles. The van der Waals surface area contributed by atoms with Gasteiger partial charge in [-0.25, -0.2) is 0 Å². The Morgan fingerprint density at radius 1 is 1.00 bits per heavy atom. The van der Waals surface area contributed by atoms with Gasteiger partial charge in [0, 0.05) is 23.5 Å². The van der Waals surface area contributed by atoms with Gasteiger partial charge in [-0.2, -0.15) is 0 Å². The molecule has 0 aliphatic heterocycles. The van der Waals surface area contributed by atoms with E-state index in [1.165, 1.54) is 0 Å². The number of hydrogen-bond acceptors (Lipinski definition) is 8. The predicted octanol–water partition coefficient (Wildman–Crippen LogP) is -1.82. The zero-order valence-corrected chi connectivity index (χ0v) is 11.7. The van der Waals surface area contributed by atoms with E-state index in [9.17, 15) is 19.7 Å². The van der Waals surface area contributed by atoms with Crippen LogP contribution in [0.5, 0.6) is 0 Å². The smallest absolute Gasteiger partial charge is 0.273 e. The van der Waals surface area contributed by atoms with Crippen molar-refractivity contribution in [1.82, 2.24) is 0 Å². The molecule has 2 unspecified atom stereocenters. The number of amides is 2. The molecule has 0 aromatic heterocycles. The Bertz CT molecular complexity index is 564. The van der Waals surface area contributed by atoms with Gasteiger partial charge in [0.05, 0.1) is 18.1 Å². The largest absolute Gasteiger partial charge is 0.393 e. The maximum absolute atomic E-state index is 11.5. The Labute approximate surface area is 129 Å². The topological polar surface area (TPSA) is 182 Å². The van der Waals surface area contributed by atoms with Gasteiger partial charge < -0.3 is 31.1 Å². The molecule has 1 rings (SSSR count). The van der Waals surface area contributed by atoms with Gasteiger partial charge >= 0.3 is 0 Å². The van der Waals surface area contributed by atoms with Gasteiger partial charge in [0.25, 0.3) is 17.5 Å². The van der Waals surface area contributed by atoms with Crippen LogP contribution in [0.15, 0.2) is 18.2 Å². The number of carbonyl (C=O) groups excluding carboxylic acids is 2. The summed E-state index contributed by atoms with van der Waals surface area (Å²) in [5, 5.41) is 50.8. The third kappa shape index (κ3) is 5.27. The average molecular weight is 329 g/mol. The molecule has 2 amide bonds. The van der Waals surface area contributed by atoms with E-state index in [0.29, 0.717) is 0 Å². The Kier molecular flexibility index (Phi) is 6.53. The molecule has 0 aliphatic rings. The van der Waals surface area contributed by atoms with Crippen molar-refractivity contribution < 1.29 is 34.9 Å². The molecule has 2 atom stereocenters. The molecule has 1 aromatic carbocycles.